The fraction of sp³-hybridized carbons (Fsp3) is 0.308. The second kappa shape index (κ2) is 4.13. The van der Waals surface area contributed by atoms with Gasteiger partial charge >= 0.3 is 0 Å². The van der Waals surface area contributed by atoms with Gasteiger partial charge in [0.1, 0.15) is 0 Å². The highest BCUT2D eigenvalue weighted by Crippen LogP contribution is 2.39. The molecule has 2 aromatic rings. The van der Waals surface area contributed by atoms with E-state index < -0.39 is 0 Å². The first kappa shape index (κ1) is 11.5. The standard InChI is InChI=1S/C13H14O4/c1-7-9-5-6-10(15-3)13(16-4)12(9)17-11(7)8(2)14/h5-6H,1-4H3. The molecular formula is C13H14O4. The van der Waals surface area contributed by atoms with Gasteiger partial charge in [0.15, 0.2) is 22.9 Å². The molecule has 1 aromatic carbocycles. The highest BCUT2D eigenvalue weighted by Gasteiger charge is 2.19. The van der Waals surface area contributed by atoms with Crippen LogP contribution in [0.15, 0.2) is 16.5 Å². The van der Waals surface area contributed by atoms with Crippen LogP contribution in [0.4, 0.5) is 0 Å². The molecule has 0 fully saturated rings. The quantitative estimate of drug-likeness (QED) is 0.766. The largest absolute Gasteiger partial charge is 0.493 e. The van der Waals surface area contributed by atoms with Gasteiger partial charge in [0, 0.05) is 17.9 Å². The van der Waals surface area contributed by atoms with E-state index in [1.165, 1.54) is 6.92 Å². The number of methoxy groups -OCH3 is 2. The molecule has 0 aliphatic carbocycles. The summed E-state index contributed by atoms with van der Waals surface area (Å²) in [6.45, 7) is 3.34. The summed E-state index contributed by atoms with van der Waals surface area (Å²) in [6.07, 6.45) is 0. The molecule has 0 amide bonds. The number of Topliss-reactive ketones (excluding diaryl/α,β-unsaturated/α-hetero) is 1. The first-order chi connectivity index (χ1) is 8.10. The number of ether oxygens (including phenoxy) is 2. The normalized spacial score (nSPS) is 10.6. The predicted molar refractivity (Wildman–Crippen MR) is 64.1 cm³/mol. The van der Waals surface area contributed by atoms with Crippen molar-refractivity contribution in [1.82, 2.24) is 0 Å². The van der Waals surface area contributed by atoms with Crippen molar-refractivity contribution in [3.05, 3.63) is 23.5 Å². The van der Waals surface area contributed by atoms with E-state index in [0.717, 1.165) is 10.9 Å². The number of benzene rings is 1. The van der Waals surface area contributed by atoms with Crippen LogP contribution in [0.25, 0.3) is 11.0 Å². The Morgan fingerprint density at radius 1 is 1.24 bits per heavy atom. The van der Waals surface area contributed by atoms with Gasteiger partial charge in [-0.1, -0.05) is 0 Å². The summed E-state index contributed by atoms with van der Waals surface area (Å²) in [5, 5.41) is 0.868. The van der Waals surface area contributed by atoms with Crippen molar-refractivity contribution in [2.24, 2.45) is 0 Å². The molecule has 2 rings (SSSR count). The van der Waals surface area contributed by atoms with Crippen molar-refractivity contribution in [3.63, 3.8) is 0 Å². The minimum atomic E-state index is -0.0975. The minimum Gasteiger partial charge on any atom is -0.493 e. The first-order valence-corrected chi connectivity index (χ1v) is 5.25. The second-order valence-corrected chi connectivity index (χ2v) is 3.79. The van der Waals surface area contributed by atoms with E-state index in [1.54, 1.807) is 20.3 Å². The van der Waals surface area contributed by atoms with Crippen molar-refractivity contribution in [1.29, 1.82) is 0 Å². The number of ketones is 1. The third kappa shape index (κ3) is 1.65. The zero-order valence-corrected chi connectivity index (χ0v) is 10.3. The van der Waals surface area contributed by atoms with Crippen LogP contribution < -0.4 is 9.47 Å². The van der Waals surface area contributed by atoms with E-state index in [-0.39, 0.29) is 5.78 Å². The molecule has 4 heteroatoms. The number of hydrogen-bond donors (Lipinski definition) is 0. The summed E-state index contributed by atoms with van der Waals surface area (Å²) in [4.78, 5) is 11.4. The van der Waals surface area contributed by atoms with Crippen LogP contribution in [0.2, 0.25) is 0 Å². The number of aryl methyl sites for hydroxylation is 1. The van der Waals surface area contributed by atoms with Crippen LogP contribution in [0.5, 0.6) is 11.5 Å². The molecule has 0 saturated heterocycles. The molecule has 0 spiro atoms. The lowest BCUT2D eigenvalue weighted by Gasteiger charge is -2.06. The first-order valence-electron chi connectivity index (χ1n) is 5.25. The van der Waals surface area contributed by atoms with Crippen LogP contribution in [-0.2, 0) is 0 Å². The maximum atomic E-state index is 11.4. The zero-order chi connectivity index (χ0) is 12.6. The Kier molecular flexibility index (Phi) is 2.79. The lowest BCUT2D eigenvalue weighted by molar-refractivity contribution is 0.0988. The van der Waals surface area contributed by atoms with Crippen LogP contribution in [0, 0.1) is 6.92 Å². The van der Waals surface area contributed by atoms with Crippen molar-refractivity contribution >= 4 is 16.8 Å². The summed E-state index contributed by atoms with van der Waals surface area (Å²) >= 11 is 0. The Morgan fingerprint density at radius 3 is 2.47 bits per heavy atom. The van der Waals surface area contributed by atoms with Gasteiger partial charge in [0.2, 0.25) is 5.75 Å². The highest BCUT2D eigenvalue weighted by atomic mass is 16.5. The molecule has 0 N–H and O–H groups in total. The number of furan rings is 1. The Balaban J connectivity index is 2.81. The fourth-order valence-electron chi connectivity index (χ4n) is 1.93. The Morgan fingerprint density at radius 2 is 1.94 bits per heavy atom. The predicted octanol–water partition coefficient (Wildman–Crippen LogP) is 2.96. The molecule has 1 aromatic heterocycles. The Bertz CT molecular complexity index is 581. The molecule has 0 atom stereocenters. The van der Waals surface area contributed by atoms with E-state index in [2.05, 4.69) is 0 Å². The van der Waals surface area contributed by atoms with Crippen molar-refractivity contribution in [2.75, 3.05) is 14.2 Å². The van der Waals surface area contributed by atoms with E-state index >= 15 is 0 Å². The molecule has 0 saturated carbocycles. The van der Waals surface area contributed by atoms with Gasteiger partial charge in [0.05, 0.1) is 14.2 Å². The van der Waals surface area contributed by atoms with Gasteiger partial charge in [-0.2, -0.15) is 0 Å². The number of rotatable bonds is 3. The average Bonchev–Trinajstić information content (AvgIpc) is 2.65. The van der Waals surface area contributed by atoms with Crippen LogP contribution in [0.3, 0.4) is 0 Å². The topological polar surface area (TPSA) is 48.7 Å². The minimum absolute atomic E-state index is 0.0975. The third-order valence-corrected chi connectivity index (χ3v) is 2.77. The monoisotopic (exact) mass is 234 g/mol. The number of carbonyl (C=O) groups excluding carboxylic acids is 1. The molecular weight excluding hydrogens is 220 g/mol. The fourth-order valence-corrected chi connectivity index (χ4v) is 1.93. The van der Waals surface area contributed by atoms with Gasteiger partial charge in [0.25, 0.3) is 0 Å². The van der Waals surface area contributed by atoms with E-state index in [0.29, 0.717) is 22.8 Å². The summed E-state index contributed by atoms with van der Waals surface area (Å²) in [7, 11) is 3.11. The SMILES string of the molecule is COc1ccc2c(C)c(C(C)=O)oc2c1OC. The van der Waals surface area contributed by atoms with Gasteiger partial charge < -0.3 is 13.9 Å². The van der Waals surface area contributed by atoms with Gasteiger partial charge in [-0.15, -0.1) is 0 Å². The average molecular weight is 234 g/mol. The van der Waals surface area contributed by atoms with Crippen molar-refractivity contribution in [3.8, 4) is 11.5 Å². The van der Waals surface area contributed by atoms with Gasteiger partial charge in [-0.05, 0) is 19.1 Å². The Labute approximate surface area is 99.1 Å². The third-order valence-electron chi connectivity index (χ3n) is 2.77. The van der Waals surface area contributed by atoms with E-state index in [9.17, 15) is 4.79 Å². The molecule has 0 radical (unpaired) electrons. The smallest absolute Gasteiger partial charge is 0.204 e. The molecule has 0 aliphatic rings. The second-order valence-electron chi connectivity index (χ2n) is 3.79. The number of carbonyl (C=O) groups is 1. The molecule has 1 heterocycles. The highest BCUT2D eigenvalue weighted by molar-refractivity contribution is 6.00. The summed E-state index contributed by atoms with van der Waals surface area (Å²) in [5.41, 5.74) is 1.38. The van der Waals surface area contributed by atoms with Crippen molar-refractivity contribution < 1.29 is 18.7 Å². The number of fused-ring (bicyclic) bond motifs is 1. The van der Waals surface area contributed by atoms with E-state index in [4.69, 9.17) is 13.9 Å². The van der Waals surface area contributed by atoms with E-state index in [1.807, 2.05) is 13.0 Å². The van der Waals surface area contributed by atoms with Gasteiger partial charge in [-0.25, -0.2) is 0 Å². The Hall–Kier alpha value is -1.97. The lowest BCUT2D eigenvalue weighted by atomic mass is 10.1. The maximum Gasteiger partial charge on any atom is 0.204 e. The number of hydrogen-bond acceptors (Lipinski definition) is 4. The van der Waals surface area contributed by atoms with Gasteiger partial charge in [-0.3, -0.25) is 4.79 Å². The summed E-state index contributed by atoms with van der Waals surface area (Å²) < 4.78 is 16.0. The molecule has 17 heavy (non-hydrogen) atoms. The zero-order valence-electron chi connectivity index (χ0n) is 10.3. The van der Waals surface area contributed by atoms with Crippen LogP contribution in [0.1, 0.15) is 23.0 Å². The van der Waals surface area contributed by atoms with Crippen LogP contribution in [-0.4, -0.2) is 20.0 Å². The molecule has 90 valence electrons. The molecule has 4 nitrogen and oxygen atoms in total. The molecule has 0 aliphatic heterocycles. The lowest BCUT2D eigenvalue weighted by Crippen LogP contribution is -1.90. The summed E-state index contributed by atoms with van der Waals surface area (Å²) in [5.74, 6) is 1.37. The van der Waals surface area contributed by atoms with Crippen LogP contribution >= 0.6 is 0 Å². The van der Waals surface area contributed by atoms with Crippen molar-refractivity contribution in [2.45, 2.75) is 13.8 Å². The summed E-state index contributed by atoms with van der Waals surface area (Å²) in [6, 6.07) is 3.66. The maximum absolute atomic E-state index is 11.4. The molecule has 0 bridgehead atoms. The molecule has 0 unspecified atom stereocenters.